The average Bonchev–Trinajstić information content (AvgIpc) is 2.55. The van der Waals surface area contributed by atoms with Gasteiger partial charge in [-0.05, 0) is 36.2 Å². The van der Waals surface area contributed by atoms with Crippen LogP contribution in [0.25, 0.3) is 11.1 Å². The van der Waals surface area contributed by atoms with E-state index in [0.29, 0.717) is 22.4 Å². The zero-order valence-electron chi connectivity index (χ0n) is 13.3. The van der Waals surface area contributed by atoms with Crippen molar-refractivity contribution in [2.45, 2.75) is 17.7 Å². The first-order chi connectivity index (χ1) is 11.7. The summed E-state index contributed by atoms with van der Waals surface area (Å²) in [5.74, 6) is 0.00488. The number of carbonyl (C=O) groups is 1. The van der Waals surface area contributed by atoms with Crippen LogP contribution in [0.5, 0.6) is 5.75 Å². The van der Waals surface area contributed by atoms with Gasteiger partial charge in [0.25, 0.3) is 0 Å². The Labute approximate surface area is 155 Å². The van der Waals surface area contributed by atoms with Gasteiger partial charge in [0.15, 0.2) is 15.6 Å². The molecule has 2 aromatic carbocycles. The first kappa shape index (κ1) is 17.9. The molecular formula is C17H13Cl2NO4S. The van der Waals surface area contributed by atoms with Gasteiger partial charge in [0.1, 0.15) is 6.29 Å². The first-order valence-electron chi connectivity index (χ1n) is 7.22. The van der Waals surface area contributed by atoms with Crippen LogP contribution in [0.15, 0.2) is 34.3 Å². The van der Waals surface area contributed by atoms with Gasteiger partial charge in [-0.2, -0.15) is 0 Å². The second-order valence-electron chi connectivity index (χ2n) is 5.73. The third-order valence-corrected chi connectivity index (χ3v) is 6.06. The number of carbonyl (C=O) groups excluding carboxylic acids is 1. The van der Waals surface area contributed by atoms with E-state index in [0.717, 1.165) is 18.1 Å². The molecule has 25 heavy (non-hydrogen) atoms. The zero-order chi connectivity index (χ0) is 18.4. The third-order valence-electron chi connectivity index (χ3n) is 3.93. The Kier molecular flexibility index (Phi) is 4.62. The molecular weight excluding hydrogens is 385 g/mol. The van der Waals surface area contributed by atoms with Crippen molar-refractivity contribution in [1.82, 2.24) is 0 Å². The molecule has 0 aromatic heterocycles. The molecule has 0 bridgehead atoms. The Morgan fingerprint density at radius 3 is 2.56 bits per heavy atom. The second kappa shape index (κ2) is 6.44. The largest absolute Gasteiger partial charge is 0.357 e. The van der Waals surface area contributed by atoms with Gasteiger partial charge in [-0.15, -0.1) is 0 Å². The van der Waals surface area contributed by atoms with E-state index in [-0.39, 0.29) is 14.9 Å². The average molecular weight is 398 g/mol. The van der Waals surface area contributed by atoms with Gasteiger partial charge in [0.2, 0.25) is 0 Å². The molecule has 0 spiro atoms. The van der Waals surface area contributed by atoms with Crippen LogP contribution in [-0.4, -0.2) is 27.2 Å². The zero-order valence-corrected chi connectivity index (χ0v) is 15.6. The maximum absolute atomic E-state index is 11.8. The minimum Gasteiger partial charge on any atom is -0.357 e. The summed E-state index contributed by atoms with van der Waals surface area (Å²) in [7, 11) is -3.49. The third kappa shape index (κ3) is 3.17. The molecule has 8 heteroatoms. The van der Waals surface area contributed by atoms with Crippen LogP contribution >= 0.6 is 23.2 Å². The molecule has 1 heterocycles. The van der Waals surface area contributed by atoms with E-state index in [1.807, 2.05) is 13.0 Å². The number of aryl methyl sites for hydroxylation is 1. The molecule has 1 aliphatic rings. The van der Waals surface area contributed by atoms with Crippen molar-refractivity contribution in [2.24, 2.45) is 5.16 Å². The van der Waals surface area contributed by atoms with Crippen LogP contribution in [0.4, 0.5) is 0 Å². The number of nitrogens with zero attached hydrogens (tertiary/aromatic N) is 1. The quantitative estimate of drug-likeness (QED) is 0.732. The van der Waals surface area contributed by atoms with Gasteiger partial charge in [-0.1, -0.05) is 34.4 Å². The highest BCUT2D eigenvalue weighted by molar-refractivity contribution is 7.90. The number of hydrogen-bond donors (Lipinski definition) is 0. The van der Waals surface area contributed by atoms with Gasteiger partial charge in [0.05, 0.1) is 27.1 Å². The number of fused-ring (bicyclic) bond motifs is 1. The van der Waals surface area contributed by atoms with E-state index >= 15 is 0 Å². The van der Waals surface area contributed by atoms with Crippen molar-refractivity contribution >= 4 is 45.5 Å². The fourth-order valence-corrected chi connectivity index (χ4v) is 4.37. The highest BCUT2D eigenvalue weighted by atomic mass is 35.5. The van der Waals surface area contributed by atoms with Crippen LogP contribution in [0.1, 0.15) is 17.0 Å². The van der Waals surface area contributed by atoms with E-state index < -0.39 is 15.8 Å². The number of oxime groups is 1. The molecule has 3 rings (SSSR count). The second-order valence-corrected chi connectivity index (χ2v) is 8.47. The lowest BCUT2D eigenvalue weighted by Crippen LogP contribution is -2.11. The molecule has 0 saturated carbocycles. The predicted octanol–water partition coefficient (Wildman–Crippen LogP) is 4.03. The monoisotopic (exact) mass is 397 g/mol. The number of hydrogen-bond acceptors (Lipinski definition) is 5. The van der Waals surface area contributed by atoms with Crippen LogP contribution in [0.2, 0.25) is 10.0 Å². The minimum absolute atomic E-state index is 0.0261. The number of sulfone groups is 1. The van der Waals surface area contributed by atoms with E-state index in [4.69, 9.17) is 28.0 Å². The lowest BCUT2D eigenvalue weighted by atomic mass is 9.92. The maximum Gasteiger partial charge on any atom is 0.177 e. The molecule has 1 aliphatic heterocycles. The maximum atomic E-state index is 11.8. The summed E-state index contributed by atoms with van der Waals surface area (Å²) in [6, 6.07) is 6.60. The molecule has 0 N–H and O–H groups in total. The van der Waals surface area contributed by atoms with Crippen molar-refractivity contribution in [1.29, 1.82) is 0 Å². The van der Waals surface area contributed by atoms with Crippen molar-refractivity contribution in [3.8, 4) is 16.9 Å². The van der Waals surface area contributed by atoms with Crippen molar-refractivity contribution < 1.29 is 18.0 Å². The topological polar surface area (TPSA) is 72.8 Å². The van der Waals surface area contributed by atoms with Gasteiger partial charge < -0.3 is 9.63 Å². The summed E-state index contributed by atoms with van der Waals surface area (Å²) in [5.41, 5.74) is 2.71. The fourth-order valence-electron chi connectivity index (χ4n) is 2.71. The summed E-state index contributed by atoms with van der Waals surface area (Å²) in [6.45, 7) is 1.82. The summed E-state index contributed by atoms with van der Waals surface area (Å²) in [5, 5.41) is 3.84. The van der Waals surface area contributed by atoms with Crippen molar-refractivity contribution in [3.63, 3.8) is 0 Å². The number of benzene rings is 2. The van der Waals surface area contributed by atoms with Crippen molar-refractivity contribution in [3.05, 3.63) is 45.4 Å². The van der Waals surface area contributed by atoms with Gasteiger partial charge >= 0.3 is 0 Å². The number of halogens is 2. The van der Waals surface area contributed by atoms with E-state index in [1.54, 1.807) is 12.1 Å². The lowest BCUT2D eigenvalue weighted by Gasteiger charge is -2.19. The minimum atomic E-state index is -3.49. The summed E-state index contributed by atoms with van der Waals surface area (Å²) < 4.78 is 23.5. The molecule has 0 saturated heterocycles. The normalized spacial score (nSPS) is 16.2. The molecule has 130 valence electrons. The van der Waals surface area contributed by atoms with Crippen LogP contribution in [0, 0.1) is 6.92 Å². The van der Waals surface area contributed by atoms with Crippen LogP contribution in [-0.2, 0) is 14.6 Å². The smallest absolute Gasteiger partial charge is 0.177 e. The van der Waals surface area contributed by atoms with Crippen LogP contribution < -0.4 is 4.84 Å². The Morgan fingerprint density at radius 1 is 1.20 bits per heavy atom. The lowest BCUT2D eigenvalue weighted by molar-refractivity contribution is -0.107. The Hall–Kier alpha value is -1.89. The molecule has 0 aliphatic carbocycles. The van der Waals surface area contributed by atoms with E-state index in [9.17, 15) is 13.2 Å². The van der Waals surface area contributed by atoms with E-state index in [2.05, 4.69) is 5.16 Å². The first-order valence-corrected chi connectivity index (χ1v) is 9.87. The summed E-state index contributed by atoms with van der Waals surface area (Å²) >= 11 is 12.5. The van der Waals surface area contributed by atoms with Gasteiger partial charge in [-0.25, -0.2) is 8.42 Å². The molecule has 5 nitrogen and oxygen atoms in total. The van der Waals surface area contributed by atoms with E-state index in [1.165, 1.54) is 12.3 Å². The molecule has 0 radical (unpaired) electrons. The Balaban J connectivity index is 2.21. The van der Waals surface area contributed by atoms with Gasteiger partial charge in [-0.3, -0.25) is 0 Å². The fraction of sp³-hybridized carbons (Fsp3) is 0.176. The molecule has 0 amide bonds. The predicted molar refractivity (Wildman–Crippen MR) is 97.7 cm³/mol. The Bertz CT molecular complexity index is 1020. The standard InChI is InChI=1S/C17H13Cl2NO4S/c1-9-5-10(6-13-11(8-21)7-20-24-17(9)13)12-3-4-14(25(2,22)23)16(19)15(12)18/h3-8,11H,1-2H3. The number of rotatable bonds is 3. The molecule has 0 fully saturated rings. The summed E-state index contributed by atoms with van der Waals surface area (Å²) in [6.07, 6.45) is 3.26. The summed E-state index contributed by atoms with van der Waals surface area (Å²) in [4.78, 5) is 16.5. The molecule has 1 unspecified atom stereocenters. The Morgan fingerprint density at radius 2 is 1.92 bits per heavy atom. The highest BCUT2D eigenvalue weighted by Gasteiger charge is 2.23. The van der Waals surface area contributed by atoms with Crippen molar-refractivity contribution in [2.75, 3.05) is 6.26 Å². The SMILES string of the molecule is Cc1cc(-c2ccc(S(C)(=O)=O)c(Cl)c2Cl)cc2c1ON=CC2C=O. The van der Waals surface area contributed by atoms with Crippen LogP contribution in [0.3, 0.4) is 0 Å². The highest BCUT2D eigenvalue weighted by Crippen LogP contribution is 2.41. The van der Waals surface area contributed by atoms with Gasteiger partial charge in [0, 0.05) is 17.4 Å². The molecule has 1 atom stereocenters. The number of aldehydes is 1. The molecule has 2 aromatic rings.